The van der Waals surface area contributed by atoms with E-state index in [-0.39, 0.29) is 28.3 Å². The van der Waals surface area contributed by atoms with Crippen LogP contribution in [0, 0.1) is 24.2 Å². The normalized spacial score (nSPS) is 22.1. The number of aryl methyl sites for hydroxylation is 1. The summed E-state index contributed by atoms with van der Waals surface area (Å²) < 4.78 is 26.9. The van der Waals surface area contributed by atoms with Crippen LogP contribution in [0.3, 0.4) is 0 Å². The van der Waals surface area contributed by atoms with Crippen molar-refractivity contribution in [1.82, 2.24) is 0 Å². The second-order valence-corrected chi connectivity index (χ2v) is 21.1. The standard InChI is InChI=1S/C34H53NO3SSi/c1-25(2)30(23-38-40(9,10)33(4,5)6)35-39(37,29-20-18-26(3)19-21-29)24-28-17-14-22-34(7,8)31(28)32(36)27-15-12-11-13-16-27/h11-13,15-16,18-21,24-25,30-32,36H,14,17,22-23H2,1-10H3/b28-24-/t30-,31-,32+,39?/m0/s1. The second-order valence-electron chi connectivity index (χ2n) is 14.2. The molecule has 0 bridgehead atoms. The lowest BCUT2D eigenvalue weighted by molar-refractivity contribution is 0.0363. The third-order valence-corrected chi connectivity index (χ3v) is 15.8. The predicted molar refractivity (Wildman–Crippen MR) is 172 cm³/mol. The first kappa shape index (κ1) is 32.8. The Hall–Kier alpha value is -1.73. The molecular weight excluding hydrogens is 531 g/mol. The molecule has 1 unspecified atom stereocenters. The predicted octanol–water partition coefficient (Wildman–Crippen LogP) is 9.31. The monoisotopic (exact) mass is 583 g/mol. The highest BCUT2D eigenvalue weighted by Crippen LogP contribution is 2.50. The van der Waals surface area contributed by atoms with Crippen LogP contribution in [0.4, 0.5) is 0 Å². The zero-order chi connectivity index (χ0) is 29.9. The Morgan fingerprint density at radius 3 is 2.25 bits per heavy atom. The fourth-order valence-corrected chi connectivity index (χ4v) is 8.57. The van der Waals surface area contributed by atoms with Crippen LogP contribution in [0.25, 0.3) is 0 Å². The summed E-state index contributed by atoms with van der Waals surface area (Å²) in [6, 6.07) is 17.6. The van der Waals surface area contributed by atoms with E-state index in [0.717, 1.165) is 40.9 Å². The lowest BCUT2D eigenvalue weighted by Gasteiger charge is -2.43. The van der Waals surface area contributed by atoms with Crippen molar-refractivity contribution in [2.75, 3.05) is 6.61 Å². The van der Waals surface area contributed by atoms with Crippen LogP contribution in [0.5, 0.6) is 0 Å². The second kappa shape index (κ2) is 12.6. The van der Waals surface area contributed by atoms with Crippen molar-refractivity contribution < 1.29 is 13.7 Å². The Morgan fingerprint density at radius 2 is 1.70 bits per heavy atom. The van der Waals surface area contributed by atoms with Crippen molar-refractivity contribution in [3.63, 3.8) is 0 Å². The Balaban J connectivity index is 2.16. The van der Waals surface area contributed by atoms with Gasteiger partial charge in [-0.2, -0.15) is 0 Å². The summed E-state index contributed by atoms with van der Waals surface area (Å²) in [5.41, 5.74) is 2.93. The number of aliphatic hydroxyl groups is 1. The molecular formula is C34H53NO3SSi. The molecule has 1 saturated carbocycles. The van der Waals surface area contributed by atoms with Crippen LogP contribution in [0.15, 0.2) is 74.8 Å². The molecule has 40 heavy (non-hydrogen) atoms. The molecule has 0 amide bonds. The van der Waals surface area contributed by atoms with Gasteiger partial charge in [0, 0.05) is 11.3 Å². The molecule has 0 aromatic heterocycles. The molecule has 4 nitrogen and oxygen atoms in total. The summed E-state index contributed by atoms with van der Waals surface area (Å²) >= 11 is 0. The van der Waals surface area contributed by atoms with E-state index in [9.17, 15) is 5.11 Å². The minimum Gasteiger partial charge on any atom is -0.415 e. The van der Waals surface area contributed by atoms with Crippen LogP contribution in [-0.2, 0) is 14.2 Å². The van der Waals surface area contributed by atoms with E-state index in [1.807, 2.05) is 66.9 Å². The van der Waals surface area contributed by atoms with Gasteiger partial charge in [0.25, 0.3) is 0 Å². The number of rotatable bonds is 9. The highest BCUT2D eigenvalue weighted by Gasteiger charge is 2.41. The quantitative estimate of drug-likeness (QED) is 0.299. The molecule has 1 aliphatic rings. The molecule has 1 N–H and O–H groups in total. The fraction of sp³-hybridized carbons (Fsp3) is 0.588. The van der Waals surface area contributed by atoms with Crippen LogP contribution in [0.2, 0.25) is 18.1 Å². The highest BCUT2D eigenvalue weighted by atomic mass is 32.2. The molecule has 6 heteroatoms. The number of aliphatic hydroxyl groups excluding tert-OH is 1. The van der Waals surface area contributed by atoms with Crippen molar-refractivity contribution in [2.24, 2.45) is 21.6 Å². The molecule has 0 radical (unpaired) electrons. The van der Waals surface area contributed by atoms with E-state index >= 15 is 4.21 Å². The Morgan fingerprint density at radius 1 is 1.10 bits per heavy atom. The van der Waals surface area contributed by atoms with Crippen molar-refractivity contribution in [2.45, 2.75) is 110 Å². The lowest BCUT2D eigenvalue weighted by atomic mass is 9.63. The minimum absolute atomic E-state index is 0.0867. The van der Waals surface area contributed by atoms with E-state index in [4.69, 9.17) is 8.79 Å². The number of benzene rings is 2. The van der Waals surface area contributed by atoms with Gasteiger partial charge < -0.3 is 9.53 Å². The smallest absolute Gasteiger partial charge is 0.192 e. The topological polar surface area (TPSA) is 58.9 Å². The van der Waals surface area contributed by atoms with E-state index in [0.29, 0.717) is 6.61 Å². The summed E-state index contributed by atoms with van der Waals surface area (Å²) in [5, 5.41) is 13.7. The molecule has 0 aliphatic heterocycles. The first-order chi connectivity index (χ1) is 18.5. The third kappa shape index (κ3) is 7.75. The minimum atomic E-state index is -2.94. The fourth-order valence-electron chi connectivity index (χ4n) is 5.32. The van der Waals surface area contributed by atoms with Gasteiger partial charge in [0.1, 0.15) is 0 Å². The van der Waals surface area contributed by atoms with Gasteiger partial charge in [0.05, 0.1) is 33.4 Å². The lowest BCUT2D eigenvalue weighted by Crippen LogP contribution is -2.43. The van der Waals surface area contributed by atoms with Gasteiger partial charge in [0.15, 0.2) is 8.32 Å². The first-order valence-corrected chi connectivity index (χ1v) is 19.4. The molecule has 0 spiro atoms. The third-order valence-electron chi connectivity index (χ3n) is 9.14. The molecule has 0 saturated heterocycles. The van der Waals surface area contributed by atoms with Gasteiger partial charge in [-0.1, -0.05) is 102 Å². The van der Waals surface area contributed by atoms with E-state index in [1.165, 1.54) is 0 Å². The van der Waals surface area contributed by atoms with Gasteiger partial charge >= 0.3 is 0 Å². The average molecular weight is 584 g/mol. The van der Waals surface area contributed by atoms with Crippen molar-refractivity contribution in [3.05, 3.63) is 76.7 Å². The van der Waals surface area contributed by atoms with Crippen LogP contribution in [-0.4, -0.2) is 30.3 Å². The zero-order valence-electron chi connectivity index (χ0n) is 26.5. The van der Waals surface area contributed by atoms with Gasteiger partial charge in [-0.15, -0.1) is 0 Å². The average Bonchev–Trinajstić information content (AvgIpc) is 2.86. The largest absolute Gasteiger partial charge is 0.415 e. The SMILES string of the molecule is Cc1ccc(S(=O)(/C=C2/CCCC(C)(C)[C@@H]2[C@H](O)c2ccccc2)=N[C@@H](CO[Si](C)(C)C(C)(C)C)C(C)C)cc1. The number of hydrogen-bond donors (Lipinski definition) is 1. The van der Waals surface area contributed by atoms with Gasteiger partial charge in [-0.05, 0) is 73.3 Å². The van der Waals surface area contributed by atoms with Crippen LogP contribution >= 0.6 is 0 Å². The molecule has 1 aliphatic carbocycles. The van der Waals surface area contributed by atoms with Crippen molar-refractivity contribution in [1.29, 1.82) is 0 Å². The maximum atomic E-state index is 15.1. The summed E-state index contributed by atoms with van der Waals surface area (Å²) in [4.78, 5) is 0.722. The summed E-state index contributed by atoms with van der Waals surface area (Å²) in [6.07, 6.45) is 2.15. The van der Waals surface area contributed by atoms with E-state index < -0.39 is 24.2 Å². The molecule has 2 aromatic rings. The zero-order valence-corrected chi connectivity index (χ0v) is 28.3. The molecule has 1 fully saturated rings. The molecule has 2 aromatic carbocycles. The van der Waals surface area contributed by atoms with Gasteiger partial charge in [0.2, 0.25) is 0 Å². The molecule has 4 atom stereocenters. The molecule has 0 heterocycles. The van der Waals surface area contributed by atoms with Crippen LogP contribution in [0.1, 0.15) is 85.0 Å². The Labute approximate surface area is 246 Å². The Kier molecular flexibility index (Phi) is 10.4. The highest BCUT2D eigenvalue weighted by molar-refractivity contribution is 7.96. The van der Waals surface area contributed by atoms with Crippen molar-refractivity contribution >= 4 is 18.0 Å². The van der Waals surface area contributed by atoms with Gasteiger partial charge in [-0.3, -0.25) is 0 Å². The van der Waals surface area contributed by atoms with Crippen molar-refractivity contribution in [3.8, 4) is 0 Å². The first-order valence-electron chi connectivity index (χ1n) is 14.9. The van der Waals surface area contributed by atoms with E-state index in [1.54, 1.807) is 0 Å². The Bertz CT molecular complexity index is 1270. The summed E-state index contributed by atoms with van der Waals surface area (Å²) in [6.45, 7) is 22.5. The molecule has 222 valence electrons. The summed E-state index contributed by atoms with van der Waals surface area (Å²) in [7, 11) is -4.94. The number of nitrogens with zero attached hydrogens (tertiary/aromatic N) is 1. The summed E-state index contributed by atoms with van der Waals surface area (Å²) in [5.74, 6) is 0.0223. The van der Waals surface area contributed by atoms with Crippen LogP contribution < -0.4 is 0 Å². The van der Waals surface area contributed by atoms with Gasteiger partial charge in [-0.25, -0.2) is 8.57 Å². The maximum Gasteiger partial charge on any atom is 0.192 e. The molecule has 3 rings (SSSR count). The number of hydrogen-bond acceptors (Lipinski definition) is 4. The van der Waals surface area contributed by atoms with E-state index in [2.05, 4.69) is 61.6 Å². The maximum absolute atomic E-state index is 15.1.